The van der Waals surface area contributed by atoms with Gasteiger partial charge in [0.25, 0.3) is 23.6 Å². The first-order valence-corrected chi connectivity index (χ1v) is 11.5. The van der Waals surface area contributed by atoms with Gasteiger partial charge in [0.05, 0.1) is 28.9 Å². The van der Waals surface area contributed by atoms with Crippen LogP contribution in [0.15, 0.2) is 48.5 Å². The van der Waals surface area contributed by atoms with Gasteiger partial charge in [-0.15, -0.1) is 0 Å². The first-order chi connectivity index (χ1) is 16.5. The molecule has 4 amide bonds. The maximum absolute atomic E-state index is 12.9. The van der Waals surface area contributed by atoms with Gasteiger partial charge in [-0.2, -0.15) is 0 Å². The zero-order chi connectivity index (χ0) is 24.2. The Labute approximate surface area is 197 Å². The van der Waals surface area contributed by atoms with Crippen LogP contribution in [0, 0.1) is 0 Å². The summed E-state index contributed by atoms with van der Waals surface area (Å²) in [7, 11) is 0. The van der Waals surface area contributed by atoms with Crippen molar-refractivity contribution >= 4 is 29.6 Å². The normalized spacial score (nSPS) is 15.6. The van der Waals surface area contributed by atoms with E-state index in [2.05, 4.69) is 0 Å². The summed E-state index contributed by atoms with van der Waals surface area (Å²) < 4.78 is 5.36. The molecule has 0 bridgehead atoms. The van der Waals surface area contributed by atoms with E-state index in [4.69, 9.17) is 4.74 Å². The minimum atomic E-state index is -1.06. The van der Waals surface area contributed by atoms with E-state index in [-0.39, 0.29) is 42.5 Å². The lowest BCUT2D eigenvalue weighted by Gasteiger charge is -2.25. The number of benzene rings is 2. The topological polar surface area (TPSA) is 101 Å². The zero-order valence-corrected chi connectivity index (χ0v) is 19.0. The molecule has 0 aliphatic carbocycles. The number of unbranched alkanes of at least 4 members (excludes halogenated alkanes) is 2. The minimum Gasteiger partial charge on any atom is -0.464 e. The number of amides is 4. The maximum Gasteiger partial charge on any atom is 0.329 e. The fourth-order valence-electron chi connectivity index (χ4n) is 4.31. The standard InChI is InChI=1S/C26H26N2O6/c1-2-3-16-34-26(33)21(28-24(31)19-12-6-7-13-20(19)25(28)32)14-8-9-15-27-22(29)17-10-4-5-11-18(17)23(27)30/h4-7,10-13,21H,2-3,8-9,14-16H2,1H3/t21-/m1/s1. The van der Waals surface area contributed by atoms with Gasteiger partial charge in [-0.1, -0.05) is 37.6 Å². The van der Waals surface area contributed by atoms with Crippen LogP contribution in [-0.4, -0.2) is 58.6 Å². The highest BCUT2D eigenvalue weighted by Gasteiger charge is 2.43. The van der Waals surface area contributed by atoms with Crippen molar-refractivity contribution in [1.82, 2.24) is 9.80 Å². The van der Waals surface area contributed by atoms with Crippen molar-refractivity contribution in [2.45, 2.75) is 45.1 Å². The first-order valence-electron chi connectivity index (χ1n) is 11.5. The predicted molar refractivity (Wildman–Crippen MR) is 122 cm³/mol. The van der Waals surface area contributed by atoms with Crippen molar-refractivity contribution in [2.75, 3.05) is 13.2 Å². The highest BCUT2D eigenvalue weighted by atomic mass is 16.5. The van der Waals surface area contributed by atoms with E-state index in [1.807, 2.05) is 6.92 Å². The van der Waals surface area contributed by atoms with Crippen LogP contribution in [-0.2, 0) is 9.53 Å². The second kappa shape index (κ2) is 9.99. The van der Waals surface area contributed by atoms with Gasteiger partial charge < -0.3 is 4.74 Å². The molecule has 0 aromatic heterocycles. The molecule has 1 atom stereocenters. The number of rotatable bonds is 10. The van der Waals surface area contributed by atoms with Crippen LogP contribution in [0.2, 0.25) is 0 Å². The van der Waals surface area contributed by atoms with Crippen LogP contribution >= 0.6 is 0 Å². The highest BCUT2D eigenvalue weighted by molar-refractivity contribution is 6.23. The van der Waals surface area contributed by atoms with Crippen molar-refractivity contribution in [1.29, 1.82) is 0 Å². The van der Waals surface area contributed by atoms with E-state index in [9.17, 15) is 24.0 Å². The molecule has 34 heavy (non-hydrogen) atoms. The summed E-state index contributed by atoms with van der Waals surface area (Å²) in [6, 6.07) is 12.1. The Hall–Kier alpha value is -3.81. The lowest BCUT2D eigenvalue weighted by molar-refractivity contribution is -0.148. The smallest absolute Gasteiger partial charge is 0.329 e. The average molecular weight is 463 g/mol. The third-order valence-electron chi connectivity index (χ3n) is 6.14. The molecule has 2 aromatic carbocycles. The SMILES string of the molecule is CCCCOC(=O)[C@@H](CCCCN1C(=O)c2ccccc2C1=O)N1C(=O)c2ccccc2C1=O. The van der Waals surface area contributed by atoms with E-state index in [1.165, 1.54) is 4.90 Å². The van der Waals surface area contributed by atoms with Crippen molar-refractivity contribution in [3.05, 3.63) is 70.8 Å². The monoisotopic (exact) mass is 462 g/mol. The summed E-state index contributed by atoms with van der Waals surface area (Å²) in [5.41, 5.74) is 1.31. The van der Waals surface area contributed by atoms with Crippen LogP contribution in [0.5, 0.6) is 0 Å². The van der Waals surface area contributed by atoms with E-state index >= 15 is 0 Å². The molecule has 0 unspecified atom stereocenters. The van der Waals surface area contributed by atoms with E-state index in [0.717, 1.165) is 11.3 Å². The van der Waals surface area contributed by atoms with Crippen LogP contribution < -0.4 is 0 Å². The Morgan fingerprint density at radius 3 is 1.76 bits per heavy atom. The number of carbonyl (C=O) groups is 5. The number of hydrogen-bond donors (Lipinski definition) is 0. The van der Waals surface area contributed by atoms with Gasteiger partial charge in [-0.25, -0.2) is 4.79 Å². The molecule has 8 nitrogen and oxygen atoms in total. The zero-order valence-electron chi connectivity index (χ0n) is 19.0. The third-order valence-corrected chi connectivity index (χ3v) is 6.14. The van der Waals surface area contributed by atoms with Crippen LogP contribution in [0.4, 0.5) is 0 Å². The maximum atomic E-state index is 12.9. The Kier molecular flexibility index (Phi) is 6.86. The van der Waals surface area contributed by atoms with E-state index in [1.54, 1.807) is 48.5 Å². The van der Waals surface area contributed by atoms with E-state index in [0.29, 0.717) is 30.4 Å². The summed E-state index contributed by atoms with van der Waals surface area (Å²) in [6.45, 7) is 2.37. The van der Waals surface area contributed by atoms with Crippen molar-refractivity contribution in [2.24, 2.45) is 0 Å². The van der Waals surface area contributed by atoms with Gasteiger partial charge in [0.2, 0.25) is 0 Å². The van der Waals surface area contributed by atoms with Crippen molar-refractivity contribution in [3.8, 4) is 0 Å². The number of fused-ring (bicyclic) bond motifs is 2. The van der Waals surface area contributed by atoms with Gasteiger partial charge in [0.1, 0.15) is 6.04 Å². The fraction of sp³-hybridized carbons (Fsp3) is 0.346. The average Bonchev–Trinajstić information content (AvgIpc) is 3.24. The van der Waals surface area contributed by atoms with Gasteiger partial charge in [0, 0.05) is 6.54 Å². The van der Waals surface area contributed by atoms with Crippen LogP contribution in [0.3, 0.4) is 0 Å². The molecule has 0 spiro atoms. The molecule has 2 aliphatic rings. The van der Waals surface area contributed by atoms with Gasteiger partial charge in [-0.3, -0.25) is 29.0 Å². The lowest BCUT2D eigenvalue weighted by Crippen LogP contribution is -2.45. The molecule has 0 radical (unpaired) electrons. The largest absolute Gasteiger partial charge is 0.464 e. The second-order valence-electron chi connectivity index (χ2n) is 8.37. The number of hydrogen-bond acceptors (Lipinski definition) is 6. The van der Waals surface area contributed by atoms with Crippen LogP contribution in [0.1, 0.15) is 80.5 Å². The molecule has 2 aromatic rings. The number of carbonyl (C=O) groups excluding carboxylic acids is 5. The second-order valence-corrected chi connectivity index (χ2v) is 8.37. The quantitative estimate of drug-likeness (QED) is 0.305. The minimum absolute atomic E-state index is 0.180. The Morgan fingerprint density at radius 2 is 1.26 bits per heavy atom. The summed E-state index contributed by atoms with van der Waals surface area (Å²) >= 11 is 0. The molecule has 0 saturated heterocycles. The number of ether oxygens (including phenoxy) is 1. The number of nitrogens with zero attached hydrogens (tertiary/aromatic N) is 2. The highest BCUT2D eigenvalue weighted by Crippen LogP contribution is 2.28. The molecule has 8 heteroatoms. The van der Waals surface area contributed by atoms with E-state index < -0.39 is 23.8 Å². The third kappa shape index (κ3) is 4.23. The molecule has 0 fully saturated rings. The van der Waals surface area contributed by atoms with Crippen LogP contribution in [0.25, 0.3) is 0 Å². The molecule has 0 saturated carbocycles. The summed E-state index contributed by atoms with van der Waals surface area (Å²) in [5, 5.41) is 0. The van der Waals surface area contributed by atoms with Crippen molar-refractivity contribution < 1.29 is 28.7 Å². The fourth-order valence-corrected chi connectivity index (χ4v) is 4.31. The summed E-state index contributed by atoms with van der Waals surface area (Å²) in [5.74, 6) is -2.33. The Morgan fingerprint density at radius 1 is 0.765 bits per heavy atom. The van der Waals surface area contributed by atoms with Gasteiger partial charge in [-0.05, 0) is 49.9 Å². The predicted octanol–water partition coefficient (Wildman–Crippen LogP) is 3.46. The molecule has 0 N–H and O–H groups in total. The summed E-state index contributed by atoms with van der Waals surface area (Å²) in [6.07, 6.45) is 2.53. The molecular formula is C26H26N2O6. The molecule has 2 aliphatic heterocycles. The molecule has 2 heterocycles. The number of imide groups is 2. The molecule has 176 valence electrons. The Bertz CT molecular complexity index is 1090. The first kappa shape index (κ1) is 23.4. The van der Waals surface area contributed by atoms with Gasteiger partial charge >= 0.3 is 5.97 Å². The Balaban J connectivity index is 1.42. The molecule has 4 rings (SSSR count). The lowest BCUT2D eigenvalue weighted by atomic mass is 10.1. The van der Waals surface area contributed by atoms with Crippen molar-refractivity contribution in [3.63, 3.8) is 0 Å². The summed E-state index contributed by atoms with van der Waals surface area (Å²) in [4.78, 5) is 66.0. The van der Waals surface area contributed by atoms with Gasteiger partial charge in [0.15, 0.2) is 0 Å². The molecular weight excluding hydrogens is 436 g/mol. The number of esters is 1.